The second-order valence-electron chi connectivity index (χ2n) is 7.55. The average Bonchev–Trinajstić information content (AvgIpc) is 2.77. The molecule has 0 spiro atoms. The predicted molar refractivity (Wildman–Crippen MR) is 125 cm³/mol. The van der Waals surface area contributed by atoms with Crippen LogP contribution in [0.1, 0.15) is 36.1 Å². The quantitative estimate of drug-likeness (QED) is 0.553. The summed E-state index contributed by atoms with van der Waals surface area (Å²) >= 11 is 0. The van der Waals surface area contributed by atoms with E-state index in [9.17, 15) is 13.2 Å². The molecule has 0 unspecified atom stereocenters. The number of aryl methyl sites for hydroxylation is 2. The third-order valence-corrected chi connectivity index (χ3v) is 7.00. The first-order valence-corrected chi connectivity index (χ1v) is 11.8. The lowest BCUT2D eigenvalue weighted by atomic mass is 10.0. The van der Waals surface area contributed by atoms with Crippen LogP contribution in [-0.4, -0.2) is 20.9 Å². The highest BCUT2D eigenvalue weighted by molar-refractivity contribution is 7.92. The number of amides is 1. The van der Waals surface area contributed by atoms with Crippen LogP contribution in [0.4, 0.5) is 5.69 Å². The standard InChI is InChI=1S/C25H28N2O3S/c1-4-23(21-11-6-5-7-12-21)26-25(28)18-27(24-13-9-8-10-20(24)3)31(29,30)22-16-14-19(2)15-17-22/h5-17,23H,4,18H2,1-3H3,(H,26,28)/t23-/m0/s1. The molecule has 0 aliphatic carbocycles. The Morgan fingerprint density at radius 3 is 2.13 bits per heavy atom. The van der Waals surface area contributed by atoms with Crippen LogP contribution in [-0.2, 0) is 14.8 Å². The van der Waals surface area contributed by atoms with Crippen molar-refractivity contribution in [2.45, 2.75) is 38.1 Å². The van der Waals surface area contributed by atoms with Gasteiger partial charge in [-0.2, -0.15) is 0 Å². The Morgan fingerprint density at radius 2 is 1.52 bits per heavy atom. The lowest BCUT2D eigenvalue weighted by Gasteiger charge is -2.27. The van der Waals surface area contributed by atoms with Crippen molar-refractivity contribution in [2.75, 3.05) is 10.8 Å². The molecule has 1 N–H and O–H groups in total. The van der Waals surface area contributed by atoms with Gasteiger partial charge in [0.2, 0.25) is 5.91 Å². The zero-order valence-electron chi connectivity index (χ0n) is 18.1. The lowest BCUT2D eigenvalue weighted by Crippen LogP contribution is -2.42. The molecule has 0 aliphatic heterocycles. The highest BCUT2D eigenvalue weighted by Gasteiger charge is 2.28. The predicted octanol–water partition coefficient (Wildman–Crippen LogP) is 4.77. The van der Waals surface area contributed by atoms with Crippen molar-refractivity contribution in [1.82, 2.24) is 5.32 Å². The van der Waals surface area contributed by atoms with E-state index >= 15 is 0 Å². The zero-order valence-corrected chi connectivity index (χ0v) is 18.9. The van der Waals surface area contributed by atoms with Crippen molar-refractivity contribution in [3.63, 3.8) is 0 Å². The van der Waals surface area contributed by atoms with Crippen LogP contribution in [0.2, 0.25) is 0 Å². The summed E-state index contributed by atoms with van der Waals surface area (Å²) in [5.41, 5.74) is 3.22. The first-order valence-electron chi connectivity index (χ1n) is 10.3. The van der Waals surface area contributed by atoms with E-state index in [1.807, 2.05) is 63.2 Å². The molecule has 3 rings (SSSR count). The van der Waals surface area contributed by atoms with Crippen LogP contribution in [0.25, 0.3) is 0 Å². The fourth-order valence-corrected chi connectivity index (χ4v) is 4.94. The summed E-state index contributed by atoms with van der Waals surface area (Å²) in [7, 11) is -3.92. The van der Waals surface area contributed by atoms with Crippen LogP contribution >= 0.6 is 0 Å². The van der Waals surface area contributed by atoms with Crippen molar-refractivity contribution in [3.05, 3.63) is 95.6 Å². The van der Waals surface area contributed by atoms with E-state index in [0.717, 1.165) is 16.7 Å². The Morgan fingerprint density at radius 1 is 0.903 bits per heavy atom. The minimum absolute atomic E-state index is 0.157. The number of hydrogen-bond acceptors (Lipinski definition) is 3. The summed E-state index contributed by atoms with van der Waals surface area (Å²) in [4.78, 5) is 13.2. The van der Waals surface area contributed by atoms with Gasteiger partial charge in [-0.1, -0.05) is 73.2 Å². The van der Waals surface area contributed by atoms with Gasteiger partial charge in [-0.3, -0.25) is 9.10 Å². The molecule has 3 aromatic rings. The van der Waals surface area contributed by atoms with Gasteiger partial charge < -0.3 is 5.32 Å². The van der Waals surface area contributed by atoms with E-state index < -0.39 is 10.0 Å². The van der Waals surface area contributed by atoms with Crippen molar-refractivity contribution < 1.29 is 13.2 Å². The Labute approximate surface area is 184 Å². The number of nitrogens with zero attached hydrogens (tertiary/aromatic N) is 1. The molecule has 0 fully saturated rings. The van der Waals surface area contributed by atoms with E-state index in [2.05, 4.69) is 5.32 Å². The number of carbonyl (C=O) groups excluding carboxylic acids is 1. The number of rotatable bonds is 8. The normalized spacial score (nSPS) is 12.2. The van der Waals surface area contributed by atoms with Crippen LogP contribution in [0, 0.1) is 13.8 Å². The maximum Gasteiger partial charge on any atom is 0.264 e. The highest BCUT2D eigenvalue weighted by Crippen LogP contribution is 2.27. The number of benzene rings is 3. The Kier molecular flexibility index (Phi) is 7.13. The minimum Gasteiger partial charge on any atom is -0.348 e. The maximum absolute atomic E-state index is 13.5. The summed E-state index contributed by atoms with van der Waals surface area (Å²) in [6.45, 7) is 5.42. The first-order chi connectivity index (χ1) is 14.8. The molecule has 1 atom stereocenters. The molecule has 0 saturated heterocycles. The van der Waals surface area contributed by atoms with E-state index in [1.54, 1.807) is 36.4 Å². The van der Waals surface area contributed by atoms with Gasteiger partial charge in [0.05, 0.1) is 16.6 Å². The zero-order chi connectivity index (χ0) is 22.4. The van der Waals surface area contributed by atoms with Gasteiger partial charge in [-0.15, -0.1) is 0 Å². The largest absolute Gasteiger partial charge is 0.348 e. The summed E-state index contributed by atoms with van der Waals surface area (Å²) in [6.07, 6.45) is 0.699. The summed E-state index contributed by atoms with van der Waals surface area (Å²) in [5, 5.41) is 2.99. The van der Waals surface area contributed by atoms with E-state index in [0.29, 0.717) is 12.1 Å². The van der Waals surface area contributed by atoms with Crippen molar-refractivity contribution in [3.8, 4) is 0 Å². The number of hydrogen-bond donors (Lipinski definition) is 1. The molecule has 0 bridgehead atoms. The fourth-order valence-electron chi connectivity index (χ4n) is 3.46. The molecule has 0 heterocycles. The van der Waals surface area contributed by atoms with E-state index in [4.69, 9.17) is 0 Å². The third-order valence-electron chi connectivity index (χ3n) is 5.23. The third kappa shape index (κ3) is 5.33. The lowest BCUT2D eigenvalue weighted by molar-refractivity contribution is -0.120. The van der Waals surface area contributed by atoms with E-state index in [1.165, 1.54) is 4.31 Å². The molecular weight excluding hydrogens is 408 g/mol. The van der Waals surface area contributed by atoms with Gasteiger partial charge in [0, 0.05) is 0 Å². The van der Waals surface area contributed by atoms with Gasteiger partial charge in [-0.25, -0.2) is 8.42 Å². The van der Waals surface area contributed by atoms with Gasteiger partial charge in [0.15, 0.2) is 0 Å². The van der Waals surface area contributed by atoms with Crippen molar-refractivity contribution >= 4 is 21.6 Å². The Bertz CT molecular complexity index is 1130. The fraction of sp³-hybridized carbons (Fsp3) is 0.240. The van der Waals surface area contributed by atoms with Gasteiger partial charge in [0.25, 0.3) is 10.0 Å². The van der Waals surface area contributed by atoms with Crippen LogP contribution in [0.15, 0.2) is 83.8 Å². The molecule has 3 aromatic carbocycles. The van der Waals surface area contributed by atoms with E-state index in [-0.39, 0.29) is 23.4 Å². The molecule has 5 nitrogen and oxygen atoms in total. The number of sulfonamides is 1. The van der Waals surface area contributed by atoms with Crippen LogP contribution in [0.3, 0.4) is 0 Å². The summed E-state index contributed by atoms with van der Waals surface area (Å²) in [6, 6.07) is 23.3. The van der Waals surface area contributed by atoms with Crippen LogP contribution in [0.5, 0.6) is 0 Å². The summed E-state index contributed by atoms with van der Waals surface area (Å²) in [5.74, 6) is -0.352. The molecule has 0 radical (unpaired) electrons. The molecule has 0 aliphatic rings. The van der Waals surface area contributed by atoms with Crippen molar-refractivity contribution in [2.24, 2.45) is 0 Å². The topological polar surface area (TPSA) is 66.5 Å². The number of nitrogens with one attached hydrogen (secondary N) is 1. The SMILES string of the molecule is CC[C@H](NC(=O)CN(c1ccccc1C)S(=O)(=O)c1ccc(C)cc1)c1ccccc1. The molecule has 0 saturated carbocycles. The maximum atomic E-state index is 13.5. The van der Waals surface area contributed by atoms with Gasteiger partial charge >= 0.3 is 0 Å². The minimum atomic E-state index is -3.92. The first kappa shape index (κ1) is 22.6. The number of para-hydroxylation sites is 1. The Balaban J connectivity index is 1.93. The summed E-state index contributed by atoms with van der Waals surface area (Å²) < 4.78 is 28.2. The van der Waals surface area contributed by atoms with Crippen molar-refractivity contribution in [1.29, 1.82) is 0 Å². The Hall–Kier alpha value is -3.12. The molecule has 31 heavy (non-hydrogen) atoms. The molecule has 6 heteroatoms. The number of anilines is 1. The second kappa shape index (κ2) is 9.79. The molecular formula is C25H28N2O3S. The molecule has 0 aromatic heterocycles. The smallest absolute Gasteiger partial charge is 0.264 e. The molecule has 1 amide bonds. The number of carbonyl (C=O) groups is 1. The monoisotopic (exact) mass is 436 g/mol. The average molecular weight is 437 g/mol. The van der Waals surface area contributed by atoms with Gasteiger partial charge in [-0.05, 0) is 49.6 Å². The van der Waals surface area contributed by atoms with Gasteiger partial charge in [0.1, 0.15) is 6.54 Å². The highest BCUT2D eigenvalue weighted by atomic mass is 32.2. The second-order valence-corrected chi connectivity index (χ2v) is 9.41. The van der Waals surface area contributed by atoms with Crippen LogP contribution < -0.4 is 9.62 Å². The molecule has 162 valence electrons.